The number of benzene rings is 1. The van der Waals surface area contributed by atoms with Crippen LogP contribution in [0.15, 0.2) is 18.2 Å². The molecule has 0 spiro atoms. The second kappa shape index (κ2) is 7.15. The summed E-state index contributed by atoms with van der Waals surface area (Å²) in [7, 11) is 0. The number of hydrogen-bond acceptors (Lipinski definition) is 1. The SMILES string of the molecule is CCCNCC1(c2c(Cl)cccc2Cl)CC(CCC)C1. The van der Waals surface area contributed by atoms with E-state index in [4.69, 9.17) is 23.2 Å². The van der Waals surface area contributed by atoms with E-state index < -0.39 is 0 Å². The van der Waals surface area contributed by atoms with Crippen LogP contribution in [-0.2, 0) is 5.41 Å². The van der Waals surface area contributed by atoms with Crippen molar-refractivity contribution in [2.45, 2.75) is 51.4 Å². The fraction of sp³-hybridized carbons (Fsp3) is 0.647. The lowest BCUT2D eigenvalue weighted by molar-refractivity contribution is 0.129. The van der Waals surface area contributed by atoms with Crippen LogP contribution in [0.1, 0.15) is 51.5 Å². The van der Waals surface area contributed by atoms with Gasteiger partial charge in [-0.1, -0.05) is 56.0 Å². The minimum atomic E-state index is 0.143. The van der Waals surface area contributed by atoms with Gasteiger partial charge in [0.25, 0.3) is 0 Å². The molecule has 0 aliphatic heterocycles. The van der Waals surface area contributed by atoms with Crippen molar-refractivity contribution >= 4 is 23.2 Å². The molecule has 2 rings (SSSR count). The Bertz CT molecular complexity index is 413. The van der Waals surface area contributed by atoms with E-state index in [2.05, 4.69) is 19.2 Å². The van der Waals surface area contributed by atoms with E-state index in [1.807, 2.05) is 18.2 Å². The van der Waals surface area contributed by atoms with Crippen molar-refractivity contribution in [2.75, 3.05) is 13.1 Å². The van der Waals surface area contributed by atoms with Gasteiger partial charge in [0.05, 0.1) is 0 Å². The number of hydrogen-bond donors (Lipinski definition) is 1. The third-order valence-corrected chi connectivity index (χ3v) is 5.07. The van der Waals surface area contributed by atoms with Crippen molar-refractivity contribution in [1.82, 2.24) is 5.32 Å². The molecule has 1 N–H and O–H groups in total. The van der Waals surface area contributed by atoms with E-state index in [0.717, 1.165) is 35.5 Å². The average Bonchev–Trinajstić information content (AvgIpc) is 2.36. The van der Waals surface area contributed by atoms with Gasteiger partial charge in [-0.15, -0.1) is 0 Å². The Morgan fingerprint density at radius 1 is 1.15 bits per heavy atom. The Kier molecular flexibility index (Phi) is 5.77. The zero-order chi connectivity index (χ0) is 14.6. The van der Waals surface area contributed by atoms with Gasteiger partial charge in [-0.2, -0.15) is 0 Å². The molecule has 112 valence electrons. The molecule has 0 bridgehead atoms. The highest BCUT2D eigenvalue weighted by atomic mass is 35.5. The van der Waals surface area contributed by atoms with Crippen LogP contribution in [0.2, 0.25) is 10.0 Å². The highest BCUT2D eigenvalue weighted by Gasteiger charge is 2.46. The van der Waals surface area contributed by atoms with Gasteiger partial charge in [0.1, 0.15) is 0 Å². The number of rotatable bonds is 7. The summed E-state index contributed by atoms with van der Waals surface area (Å²) in [6.07, 6.45) is 6.16. The second-order valence-corrected chi connectivity index (χ2v) is 6.93. The Hall–Kier alpha value is -0.240. The summed E-state index contributed by atoms with van der Waals surface area (Å²) in [6, 6.07) is 5.87. The van der Waals surface area contributed by atoms with Gasteiger partial charge in [-0.3, -0.25) is 0 Å². The van der Waals surface area contributed by atoms with E-state index in [1.165, 1.54) is 31.2 Å². The molecule has 20 heavy (non-hydrogen) atoms. The lowest BCUT2D eigenvalue weighted by Crippen LogP contribution is -2.49. The zero-order valence-corrected chi connectivity index (χ0v) is 14.0. The first kappa shape index (κ1) is 16.1. The minimum absolute atomic E-state index is 0.143. The van der Waals surface area contributed by atoms with Crippen molar-refractivity contribution in [1.29, 1.82) is 0 Å². The first-order chi connectivity index (χ1) is 9.63. The monoisotopic (exact) mass is 313 g/mol. The van der Waals surface area contributed by atoms with E-state index in [0.29, 0.717) is 0 Å². The molecular formula is C17H25Cl2N. The van der Waals surface area contributed by atoms with Crippen LogP contribution in [-0.4, -0.2) is 13.1 Å². The van der Waals surface area contributed by atoms with Crippen LogP contribution in [0.4, 0.5) is 0 Å². The molecule has 0 unspecified atom stereocenters. The highest BCUT2D eigenvalue weighted by molar-refractivity contribution is 6.36. The quantitative estimate of drug-likeness (QED) is 0.661. The molecule has 0 saturated heterocycles. The zero-order valence-electron chi connectivity index (χ0n) is 12.5. The molecule has 1 aromatic carbocycles. The average molecular weight is 314 g/mol. The molecule has 1 aromatic rings. The molecule has 1 aliphatic carbocycles. The topological polar surface area (TPSA) is 12.0 Å². The van der Waals surface area contributed by atoms with Gasteiger partial charge >= 0.3 is 0 Å². The van der Waals surface area contributed by atoms with Crippen LogP contribution in [0.5, 0.6) is 0 Å². The summed E-state index contributed by atoms with van der Waals surface area (Å²) >= 11 is 12.9. The molecule has 0 aromatic heterocycles. The lowest BCUT2D eigenvalue weighted by Gasteiger charge is -2.49. The number of nitrogens with one attached hydrogen (secondary N) is 1. The molecule has 3 heteroatoms. The minimum Gasteiger partial charge on any atom is -0.316 e. The molecule has 0 radical (unpaired) electrons. The van der Waals surface area contributed by atoms with E-state index >= 15 is 0 Å². The molecule has 1 aliphatic rings. The summed E-state index contributed by atoms with van der Waals surface area (Å²) in [4.78, 5) is 0. The summed E-state index contributed by atoms with van der Waals surface area (Å²) in [5.41, 5.74) is 1.31. The Morgan fingerprint density at radius 3 is 2.35 bits per heavy atom. The van der Waals surface area contributed by atoms with Crippen molar-refractivity contribution in [3.05, 3.63) is 33.8 Å². The molecule has 0 atom stereocenters. The van der Waals surface area contributed by atoms with Gasteiger partial charge < -0.3 is 5.32 Å². The van der Waals surface area contributed by atoms with Crippen LogP contribution in [0, 0.1) is 5.92 Å². The molecular weight excluding hydrogens is 289 g/mol. The van der Waals surface area contributed by atoms with Crippen LogP contribution >= 0.6 is 23.2 Å². The third kappa shape index (κ3) is 3.32. The number of halogens is 2. The predicted octanol–water partition coefficient (Wildman–Crippen LogP) is 5.44. The third-order valence-electron chi connectivity index (χ3n) is 4.44. The molecule has 1 nitrogen and oxygen atoms in total. The van der Waals surface area contributed by atoms with E-state index in [-0.39, 0.29) is 5.41 Å². The smallest absolute Gasteiger partial charge is 0.0459 e. The summed E-state index contributed by atoms with van der Waals surface area (Å²) in [6.45, 7) is 6.51. The standard InChI is InChI=1S/C17H25Cl2N/c1-3-6-13-10-17(11-13,12-20-9-4-2)16-14(18)7-5-8-15(16)19/h5,7-8,13,20H,3-4,6,9-12H2,1-2H3. The fourth-order valence-electron chi connectivity index (χ4n) is 3.60. The van der Waals surface area contributed by atoms with Crippen molar-refractivity contribution in [3.8, 4) is 0 Å². The van der Waals surface area contributed by atoms with Gasteiger partial charge in [0.2, 0.25) is 0 Å². The van der Waals surface area contributed by atoms with Gasteiger partial charge in [0, 0.05) is 22.0 Å². The molecule has 0 heterocycles. The molecule has 0 amide bonds. The predicted molar refractivity (Wildman–Crippen MR) is 88.9 cm³/mol. The maximum atomic E-state index is 6.45. The second-order valence-electron chi connectivity index (χ2n) is 6.12. The lowest BCUT2D eigenvalue weighted by atomic mass is 9.57. The van der Waals surface area contributed by atoms with Crippen molar-refractivity contribution < 1.29 is 0 Å². The first-order valence-corrected chi connectivity index (χ1v) is 8.53. The highest BCUT2D eigenvalue weighted by Crippen LogP contribution is 2.52. The van der Waals surface area contributed by atoms with E-state index in [9.17, 15) is 0 Å². The summed E-state index contributed by atoms with van der Waals surface area (Å²) in [5.74, 6) is 0.829. The Morgan fingerprint density at radius 2 is 1.80 bits per heavy atom. The summed E-state index contributed by atoms with van der Waals surface area (Å²) < 4.78 is 0. The molecule has 1 saturated carbocycles. The maximum absolute atomic E-state index is 6.45. The van der Waals surface area contributed by atoms with Gasteiger partial charge in [-0.05, 0) is 49.4 Å². The van der Waals surface area contributed by atoms with Crippen molar-refractivity contribution in [3.63, 3.8) is 0 Å². The van der Waals surface area contributed by atoms with E-state index in [1.54, 1.807) is 0 Å². The fourth-order valence-corrected chi connectivity index (χ4v) is 4.40. The maximum Gasteiger partial charge on any atom is 0.0459 e. The van der Waals surface area contributed by atoms with Gasteiger partial charge in [0.15, 0.2) is 0 Å². The Labute approximate surface area is 133 Å². The van der Waals surface area contributed by atoms with Crippen LogP contribution in [0.25, 0.3) is 0 Å². The Balaban J connectivity index is 2.19. The first-order valence-electron chi connectivity index (χ1n) is 7.78. The van der Waals surface area contributed by atoms with Gasteiger partial charge in [-0.25, -0.2) is 0 Å². The largest absolute Gasteiger partial charge is 0.316 e. The van der Waals surface area contributed by atoms with Crippen molar-refractivity contribution in [2.24, 2.45) is 5.92 Å². The summed E-state index contributed by atoms with van der Waals surface area (Å²) in [5, 5.41) is 5.23. The van der Waals surface area contributed by atoms with Crippen LogP contribution < -0.4 is 5.32 Å². The van der Waals surface area contributed by atoms with Crippen LogP contribution in [0.3, 0.4) is 0 Å². The molecule has 1 fully saturated rings. The normalized spacial score (nSPS) is 25.5.